The molecule has 0 radical (unpaired) electrons. The molecule has 36 nitrogen and oxygen atoms in total. The monoisotopic (exact) mass is 1460 g/mol. The molecule has 2 heterocycles. The third kappa shape index (κ3) is 39.4. The molecule has 0 aromatic carbocycles. The largest absolute Gasteiger partial charge is 0.472 e. The van der Waals surface area contributed by atoms with Gasteiger partial charge < -0.3 is 119 Å². The molecular weight excluding hydrogens is 1350 g/mol. The number of rotatable bonds is 59. The molecule has 568 valence electrons. The first-order valence-corrected chi connectivity index (χ1v) is 37.1. The second kappa shape index (κ2) is 50.4. The number of carbonyl (C=O) groups is 3. The highest BCUT2D eigenvalue weighted by Crippen LogP contribution is 2.45. The lowest BCUT2D eigenvalue weighted by molar-refractivity contribution is -0.270. The summed E-state index contributed by atoms with van der Waals surface area (Å²) in [5, 5.41) is 96.7. The van der Waals surface area contributed by atoms with Crippen molar-refractivity contribution >= 4 is 41.2 Å². The maximum atomic E-state index is 12.6. The topological polar surface area (TPSA) is 520 Å². The first-order valence-electron chi connectivity index (χ1n) is 32.6. The molecule has 39 heteroatoms. The third-order valence-electron chi connectivity index (χ3n) is 14.6. The van der Waals surface area contributed by atoms with Crippen molar-refractivity contribution in [3.63, 3.8) is 0 Å². The third-order valence-corrected chi connectivity index (χ3v) is 17.6. The van der Waals surface area contributed by atoms with Crippen LogP contribution in [0.15, 0.2) is 0 Å². The Labute approximate surface area is 561 Å². The molecule has 3 amide bonds. The fraction of sp³-hybridized carbons (Fsp3) is 0.947. The summed E-state index contributed by atoms with van der Waals surface area (Å²) in [6.45, 7) is 4.90. The van der Waals surface area contributed by atoms with E-state index in [-0.39, 0.29) is 124 Å². The van der Waals surface area contributed by atoms with Gasteiger partial charge in [-0.3, -0.25) is 41.5 Å². The van der Waals surface area contributed by atoms with Crippen LogP contribution in [0.4, 0.5) is 0 Å². The standard InChI is InChI=1S/C57H112N3O33P3/c1-40(58-41(2)65)54(91-45(34-62)44(68)33-61)82-24-12-6-9-15-27-85-94(73,74)88-30-18-21-79-37-57(5,38-80-22-19-31-89-95(75,76)86-28-16-10-7-13-25-83-55-48(59-42(3)66)52(71)50(69)46(35-63)92-55)39-81-23-20-32-90-96(77,78)87-29-17-11-8-14-26-84-56-49(60-43(4)67)53(72)51(70)47(36-64)93-56/h40,44-56,61-64,68-72H,6-39H2,1-5H3,(H,58,65)(H,59,66)(H,60,67)(H,73,74)(H,75,76)(H,77,78)/t40-,44+,45?,46?,47?,48-,49-,50-,51-,52?,53?,54+,55+,56+,57?/m0/s1. The fourth-order valence-corrected chi connectivity index (χ4v) is 11.9. The number of carbonyl (C=O) groups excluding carboxylic acids is 3. The minimum Gasteiger partial charge on any atom is -0.394 e. The minimum absolute atomic E-state index is 0.0674. The van der Waals surface area contributed by atoms with Crippen LogP contribution in [0, 0.1) is 5.41 Å². The number of aliphatic hydroxyl groups excluding tert-OH is 9. The number of phosphoric acid groups is 3. The van der Waals surface area contributed by atoms with Gasteiger partial charge in [0.25, 0.3) is 0 Å². The number of unbranched alkanes of at least 4 members (excludes halogenated alkanes) is 9. The van der Waals surface area contributed by atoms with Gasteiger partial charge in [-0.15, -0.1) is 0 Å². The quantitative estimate of drug-likeness (QED) is 0.0213. The zero-order chi connectivity index (χ0) is 71.6. The Kier molecular flexibility index (Phi) is 47.3. The van der Waals surface area contributed by atoms with Crippen molar-refractivity contribution < 1.29 is 158 Å². The summed E-state index contributed by atoms with van der Waals surface area (Å²) in [5.41, 5.74) is -0.803. The maximum Gasteiger partial charge on any atom is 0.472 e. The molecule has 2 aliphatic heterocycles. The number of aliphatic hydroxyl groups is 9. The van der Waals surface area contributed by atoms with Crippen LogP contribution in [0.1, 0.15) is 131 Å². The van der Waals surface area contributed by atoms with Gasteiger partial charge in [-0.2, -0.15) is 0 Å². The molecule has 8 unspecified atom stereocenters. The lowest BCUT2D eigenvalue weighted by Crippen LogP contribution is -2.64. The smallest absolute Gasteiger partial charge is 0.394 e. The van der Waals surface area contributed by atoms with Crippen molar-refractivity contribution in [2.24, 2.45) is 5.41 Å². The van der Waals surface area contributed by atoms with Gasteiger partial charge in [0, 0.05) is 65.8 Å². The molecule has 17 atom stereocenters. The summed E-state index contributed by atoms with van der Waals surface area (Å²) in [4.78, 5) is 65.7. The Morgan fingerprint density at radius 1 is 0.469 bits per heavy atom. The van der Waals surface area contributed by atoms with E-state index in [0.717, 1.165) is 0 Å². The second-order valence-corrected chi connectivity index (χ2v) is 28.0. The van der Waals surface area contributed by atoms with E-state index in [2.05, 4.69) is 16.0 Å². The number of hydrogen-bond donors (Lipinski definition) is 15. The van der Waals surface area contributed by atoms with Crippen molar-refractivity contribution in [2.75, 3.05) is 126 Å². The van der Waals surface area contributed by atoms with Crippen LogP contribution in [0.2, 0.25) is 0 Å². The minimum atomic E-state index is -4.42. The number of amides is 3. The molecule has 15 N–H and O–H groups in total. The molecular formula is C57H112N3O33P3. The first-order chi connectivity index (χ1) is 45.5. The van der Waals surface area contributed by atoms with E-state index in [0.29, 0.717) is 77.0 Å². The molecule has 0 bridgehead atoms. The number of phosphoric ester groups is 3. The van der Waals surface area contributed by atoms with E-state index in [1.54, 1.807) is 6.92 Å². The van der Waals surface area contributed by atoms with Crippen molar-refractivity contribution in [3.8, 4) is 0 Å². The van der Waals surface area contributed by atoms with Crippen molar-refractivity contribution in [3.05, 3.63) is 0 Å². The van der Waals surface area contributed by atoms with Gasteiger partial charge >= 0.3 is 23.5 Å². The van der Waals surface area contributed by atoms with E-state index in [1.165, 1.54) is 20.8 Å². The lowest BCUT2D eigenvalue weighted by atomic mass is 9.94. The van der Waals surface area contributed by atoms with Gasteiger partial charge in [0.15, 0.2) is 18.9 Å². The van der Waals surface area contributed by atoms with Crippen LogP contribution in [0.25, 0.3) is 0 Å². The van der Waals surface area contributed by atoms with Gasteiger partial charge in [-0.25, -0.2) is 13.7 Å². The summed E-state index contributed by atoms with van der Waals surface area (Å²) in [7, 11) is -13.2. The number of ether oxygens (including phenoxy) is 9. The Balaban J connectivity index is 1.78. The molecule has 0 aromatic heterocycles. The molecule has 2 saturated heterocycles. The first kappa shape index (κ1) is 90.1. The Morgan fingerprint density at radius 2 is 0.802 bits per heavy atom. The molecule has 2 rings (SSSR count). The zero-order valence-electron chi connectivity index (χ0n) is 55.9. The van der Waals surface area contributed by atoms with Crippen molar-refractivity contribution in [1.82, 2.24) is 16.0 Å². The van der Waals surface area contributed by atoms with Crippen molar-refractivity contribution in [2.45, 2.75) is 217 Å². The predicted octanol–water partition coefficient (Wildman–Crippen LogP) is -0.187. The normalized spacial score (nSPS) is 25.3. The average molecular weight is 1460 g/mol. The molecule has 0 aliphatic carbocycles. The van der Waals surface area contributed by atoms with Crippen LogP contribution in [-0.2, 0) is 97.9 Å². The number of nitrogens with one attached hydrogen (secondary N) is 3. The second-order valence-electron chi connectivity index (χ2n) is 23.6. The zero-order valence-corrected chi connectivity index (χ0v) is 58.6. The van der Waals surface area contributed by atoms with Gasteiger partial charge in [-0.1, -0.05) is 45.4 Å². The highest BCUT2D eigenvalue weighted by atomic mass is 31.2. The van der Waals surface area contributed by atoms with Crippen LogP contribution < -0.4 is 16.0 Å². The summed E-state index contributed by atoms with van der Waals surface area (Å²) in [5.74, 6) is -1.31. The van der Waals surface area contributed by atoms with Crippen LogP contribution in [-0.4, -0.2) is 290 Å². The summed E-state index contributed by atoms with van der Waals surface area (Å²) < 4.78 is 120. The molecule has 2 fully saturated rings. The van der Waals surface area contributed by atoms with E-state index >= 15 is 0 Å². The summed E-state index contributed by atoms with van der Waals surface area (Å²) in [6, 6.07) is -2.78. The van der Waals surface area contributed by atoms with E-state index in [9.17, 15) is 88.7 Å². The Hall–Kier alpha value is -1.98. The maximum absolute atomic E-state index is 12.6. The Bertz CT molecular complexity index is 2130. The van der Waals surface area contributed by atoms with Crippen molar-refractivity contribution in [1.29, 1.82) is 0 Å². The molecule has 2 aliphatic rings. The van der Waals surface area contributed by atoms with Gasteiger partial charge in [0.05, 0.1) is 91.9 Å². The van der Waals surface area contributed by atoms with Gasteiger partial charge in [-0.05, 0) is 64.7 Å². The van der Waals surface area contributed by atoms with Gasteiger partial charge in [0.2, 0.25) is 17.7 Å². The lowest BCUT2D eigenvalue weighted by Gasteiger charge is -2.42. The summed E-state index contributed by atoms with van der Waals surface area (Å²) in [6.07, 6.45) is -6.85. The molecule has 0 aromatic rings. The molecule has 96 heavy (non-hydrogen) atoms. The summed E-state index contributed by atoms with van der Waals surface area (Å²) >= 11 is 0. The highest BCUT2D eigenvalue weighted by molar-refractivity contribution is 7.47. The fourth-order valence-electron chi connectivity index (χ4n) is 9.49. The Morgan fingerprint density at radius 3 is 1.11 bits per heavy atom. The molecule has 0 saturated carbocycles. The average Bonchev–Trinajstić information content (AvgIpc) is 0.818. The van der Waals surface area contributed by atoms with E-state index < -0.39 is 153 Å². The van der Waals surface area contributed by atoms with Crippen LogP contribution in [0.5, 0.6) is 0 Å². The van der Waals surface area contributed by atoms with Gasteiger partial charge in [0.1, 0.15) is 60.9 Å². The predicted molar refractivity (Wildman–Crippen MR) is 336 cm³/mol. The van der Waals surface area contributed by atoms with Crippen LogP contribution in [0.3, 0.4) is 0 Å². The van der Waals surface area contributed by atoms with E-state index in [1.807, 2.05) is 6.92 Å². The highest BCUT2D eigenvalue weighted by Gasteiger charge is 2.47. The SMILES string of the molecule is CC(=O)N[C@@H](C)[C@H](OCCCCCCOP(=O)(O)OCCCOCC(C)(COCCCOP(=O)(O)OCCCCCCO[C@@H]1OC(CO)[C@H](O)C(O)[C@@H]1NC(C)=O)COCCCOP(=O)(O)OCCCCCCO[C@@H]1OC(CO)[C@H](O)C(O)[C@@H]1NC(C)=O)OC(CO)[C@H](O)CO. The molecule has 0 spiro atoms. The van der Waals surface area contributed by atoms with E-state index in [4.69, 9.17) is 69.8 Å². The van der Waals surface area contributed by atoms with Crippen LogP contribution >= 0.6 is 23.5 Å². The number of hydrogen-bond acceptors (Lipinski definition) is 30.